The Balaban J connectivity index is 2.56. The zero-order valence-corrected chi connectivity index (χ0v) is 7.84. The second-order valence-corrected chi connectivity index (χ2v) is 3.10. The van der Waals surface area contributed by atoms with Crippen molar-refractivity contribution in [2.75, 3.05) is 0 Å². The topological polar surface area (TPSA) is 30.2 Å². The van der Waals surface area contributed by atoms with Gasteiger partial charge in [0.25, 0.3) is 0 Å². The van der Waals surface area contributed by atoms with Gasteiger partial charge < -0.3 is 4.42 Å². The molecule has 1 aromatic heterocycles. The van der Waals surface area contributed by atoms with Crippen molar-refractivity contribution < 1.29 is 17.6 Å². The van der Waals surface area contributed by atoms with E-state index in [0.717, 1.165) is 24.5 Å². The first-order valence-electron chi connectivity index (χ1n) is 4.31. The van der Waals surface area contributed by atoms with Crippen LogP contribution in [0, 0.1) is 17.5 Å². The molecule has 0 N–H and O–H groups in total. The molecule has 0 atom stereocenters. The standard InChI is InChI=1S/C11H5F3O2/c12-8-3-7(4-9(13)11(8)14)6-1-2-10(15)16-5-6/h1-5H. The molecule has 0 aliphatic carbocycles. The lowest BCUT2D eigenvalue weighted by atomic mass is 10.1. The summed E-state index contributed by atoms with van der Waals surface area (Å²) in [7, 11) is 0. The summed E-state index contributed by atoms with van der Waals surface area (Å²) < 4.78 is 43.0. The van der Waals surface area contributed by atoms with Gasteiger partial charge in [-0.25, -0.2) is 18.0 Å². The minimum atomic E-state index is -1.53. The molecule has 0 unspecified atom stereocenters. The Labute approximate surface area is 88.0 Å². The van der Waals surface area contributed by atoms with Crippen LogP contribution in [0.25, 0.3) is 11.1 Å². The van der Waals surface area contributed by atoms with Crippen molar-refractivity contribution in [2.24, 2.45) is 0 Å². The number of hydrogen-bond donors (Lipinski definition) is 0. The monoisotopic (exact) mass is 226 g/mol. The summed E-state index contributed by atoms with van der Waals surface area (Å²) in [4.78, 5) is 10.7. The summed E-state index contributed by atoms with van der Waals surface area (Å²) in [6.45, 7) is 0. The number of rotatable bonds is 1. The molecule has 82 valence electrons. The zero-order valence-electron chi connectivity index (χ0n) is 7.84. The average Bonchev–Trinajstić information content (AvgIpc) is 2.26. The second-order valence-electron chi connectivity index (χ2n) is 3.10. The van der Waals surface area contributed by atoms with Gasteiger partial charge in [0, 0.05) is 11.6 Å². The molecule has 0 fully saturated rings. The van der Waals surface area contributed by atoms with Gasteiger partial charge >= 0.3 is 5.63 Å². The SMILES string of the molecule is O=c1ccc(-c2cc(F)c(F)c(F)c2)co1. The van der Waals surface area contributed by atoms with Crippen LogP contribution in [0.2, 0.25) is 0 Å². The Morgan fingerprint density at radius 2 is 1.56 bits per heavy atom. The highest BCUT2D eigenvalue weighted by Gasteiger charge is 2.11. The fourth-order valence-electron chi connectivity index (χ4n) is 1.24. The highest BCUT2D eigenvalue weighted by Crippen LogP contribution is 2.22. The maximum absolute atomic E-state index is 12.9. The molecule has 16 heavy (non-hydrogen) atoms. The predicted molar refractivity (Wildman–Crippen MR) is 50.3 cm³/mol. The summed E-state index contributed by atoms with van der Waals surface area (Å²) in [6, 6.07) is 4.09. The molecule has 0 spiro atoms. The number of halogens is 3. The van der Waals surface area contributed by atoms with Crippen molar-refractivity contribution in [1.29, 1.82) is 0 Å². The third-order valence-corrected chi connectivity index (χ3v) is 2.02. The third kappa shape index (κ3) is 1.84. The lowest BCUT2D eigenvalue weighted by Gasteiger charge is -2.02. The van der Waals surface area contributed by atoms with E-state index in [-0.39, 0.29) is 11.1 Å². The van der Waals surface area contributed by atoms with Crippen LogP contribution in [0.1, 0.15) is 0 Å². The first-order valence-corrected chi connectivity index (χ1v) is 4.31. The minimum Gasteiger partial charge on any atom is -0.431 e. The molecule has 1 heterocycles. The van der Waals surface area contributed by atoms with Crippen LogP contribution in [-0.4, -0.2) is 0 Å². The highest BCUT2D eigenvalue weighted by molar-refractivity contribution is 5.61. The quantitative estimate of drug-likeness (QED) is 0.700. The Morgan fingerprint density at radius 3 is 2.06 bits per heavy atom. The van der Waals surface area contributed by atoms with Gasteiger partial charge in [-0.1, -0.05) is 0 Å². The normalized spacial score (nSPS) is 10.4. The van der Waals surface area contributed by atoms with Crippen molar-refractivity contribution in [1.82, 2.24) is 0 Å². The molecule has 2 aromatic rings. The van der Waals surface area contributed by atoms with Gasteiger partial charge in [0.05, 0.1) is 0 Å². The van der Waals surface area contributed by atoms with Crippen molar-refractivity contribution in [3.8, 4) is 11.1 Å². The third-order valence-electron chi connectivity index (χ3n) is 2.02. The minimum absolute atomic E-state index is 0.0974. The molecular weight excluding hydrogens is 221 g/mol. The summed E-state index contributed by atoms with van der Waals surface area (Å²) in [5, 5.41) is 0. The van der Waals surface area contributed by atoms with Gasteiger partial charge in [0.15, 0.2) is 17.5 Å². The van der Waals surface area contributed by atoms with E-state index in [4.69, 9.17) is 0 Å². The summed E-state index contributed by atoms with van der Waals surface area (Å²) >= 11 is 0. The van der Waals surface area contributed by atoms with Gasteiger partial charge in [-0.15, -0.1) is 0 Å². The zero-order chi connectivity index (χ0) is 11.7. The molecule has 0 radical (unpaired) electrons. The van der Waals surface area contributed by atoms with Crippen LogP contribution in [0.15, 0.2) is 39.7 Å². The van der Waals surface area contributed by atoms with Crippen molar-refractivity contribution >= 4 is 0 Å². The average molecular weight is 226 g/mol. The largest absolute Gasteiger partial charge is 0.431 e. The molecule has 0 saturated heterocycles. The van der Waals surface area contributed by atoms with E-state index < -0.39 is 23.1 Å². The van der Waals surface area contributed by atoms with Crippen molar-refractivity contribution in [3.63, 3.8) is 0 Å². The van der Waals surface area contributed by atoms with Gasteiger partial charge in [0.1, 0.15) is 6.26 Å². The van der Waals surface area contributed by atoms with Crippen LogP contribution in [0.5, 0.6) is 0 Å². The predicted octanol–water partition coefficient (Wildman–Crippen LogP) is 2.72. The molecule has 1 aromatic carbocycles. The van der Waals surface area contributed by atoms with Crippen molar-refractivity contribution in [3.05, 3.63) is 58.4 Å². The van der Waals surface area contributed by atoms with E-state index in [1.807, 2.05) is 0 Å². The van der Waals surface area contributed by atoms with E-state index in [1.54, 1.807) is 0 Å². The van der Waals surface area contributed by atoms with E-state index >= 15 is 0 Å². The molecule has 0 aliphatic heterocycles. The molecule has 0 amide bonds. The number of hydrogen-bond acceptors (Lipinski definition) is 2. The molecule has 0 bridgehead atoms. The van der Waals surface area contributed by atoms with E-state index in [0.29, 0.717) is 0 Å². The van der Waals surface area contributed by atoms with Crippen LogP contribution >= 0.6 is 0 Å². The Morgan fingerprint density at radius 1 is 0.938 bits per heavy atom. The first-order chi connectivity index (χ1) is 7.58. The molecule has 0 saturated carbocycles. The van der Waals surface area contributed by atoms with Crippen LogP contribution in [0.4, 0.5) is 13.2 Å². The van der Waals surface area contributed by atoms with Gasteiger partial charge in [0.2, 0.25) is 0 Å². The summed E-state index contributed by atoms with van der Waals surface area (Å²) in [5.74, 6) is -4.11. The Bertz CT molecular complexity index is 547. The smallest absolute Gasteiger partial charge is 0.335 e. The summed E-state index contributed by atoms with van der Waals surface area (Å²) in [6.07, 6.45) is 1.05. The van der Waals surface area contributed by atoms with Crippen LogP contribution in [0.3, 0.4) is 0 Å². The van der Waals surface area contributed by atoms with Crippen molar-refractivity contribution in [2.45, 2.75) is 0 Å². The maximum atomic E-state index is 12.9. The van der Waals surface area contributed by atoms with Crippen LogP contribution < -0.4 is 5.63 Å². The summed E-state index contributed by atoms with van der Waals surface area (Å²) in [5.41, 5.74) is -0.190. The van der Waals surface area contributed by atoms with Gasteiger partial charge in [-0.05, 0) is 23.8 Å². The maximum Gasteiger partial charge on any atom is 0.335 e. The molecule has 0 aliphatic rings. The fourth-order valence-corrected chi connectivity index (χ4v) is 1.24. The molecule has 5 heteroatoms. The van der Waals surface area contributed by atoms with Gasteiger partial charge in [-0.2, -0.15) is 0 Å². The van der Waals surface area contributed by atoms with Gasteiger partial charge in [-0.3, -0.25) is 0 Å². The van der Waals surface area contributed by atoms with E-state index in [9.17, 15) is 18.0 Å². The van der Waals surface area contributed by atoms with Crippen LogP contribution in [-0.2, 0) is 0 Å². The Kier molecular flexibility index (Phi) is 2.52. The first kappa shape index (κ1) is 10.5. The molecule has 2 rings (SSSR count). The highest BCUT2D eigenvalue weighted by atomic mass is 19.2. The number of benzene rings is 1. The van der Waals surface area contributed by atoms with E-state index in [1.165, 1.54) is 6.07 Å². The lowest BCUT2D eigenvalue weighted by Crippen LogP contribution is -1.95. The molecular formula is C11H5F3O2. The Hall–Kier alpha value is -2.04. The molecule has 2 nitrogen and oxygen atoms in total. The van der Waals surface area contributed by atoms with E-state index in [2.05, 4.69) is 4.42 Å². The fraction of sp³-hybridized carbons (Fsp3) is 0. The lowest BCUT2D eigenvalue weighted by molar-refractivity contribution is 0.447. The second kappa shape index (κ2) is 3.84.